The summed E-state index contributed by atoms with van der Waals surface area (Å²) in [5.41, 5.74) is 9.35. The first-order chi connectivity index (χ1) is 9.26. The van der Waals surface area contributed by atoms with Crippen molar-refractivity contribution in [2.45, 2.75) is 6.92 Å². The third-order valence-corrected chi connectivity index (χ3v) is 2.92. The van der Waals surface area contributed by atoms with Crippen molar-refractivity contribution in [3.8, 4) is 17.1 Å². The van der Waals surface area contributed by atoms with Crippen molar-refractivity contribution in [3.63, 3.8) is 0 Å². The topological polar surface area (TPSA) is 63.9 Å². The molecule has 1 heterocycles. The van der Waals surface area contributed by atoms with Crippen LogP contribution in [0.2, 0.25) is 0 Å². The van der Waals surface area contributed by atoms with Gasteiger partial charge in [0, 0.05) is 11.3 Å². The van der Waals surface area contributed by atoms with Crippen molar-refractivity contribution in [1.29, 1.82) is 0 Å². The number of nitrogens with two attached hydrogens (primary N) is 1. The Morgan fingerprint density at radius 1 is 1.21 bits per heavy atom. The zero-order chi connectivity index (χ0) is 13.2. The molecule has 0 atom stereocenters. The van der Waals surface area contributed by atoms with Crippen molar-refractivity contribution in [1.82, 2.24) is 9.97 Å². The lowest BCUT2D eigenvalue weighted by molar-refractivity contribution is 0.340. The number of fused-ring (bicyclic) bond motifs is 1. The number of aromatic nitrogens is 2. The van der Waals surface area contributed by atoms with E-state index in [-0.39, 0.29) is 0 Å². The number of nitrogens with one attached hydrogen (secondary N) is 1. The fraction of sp³-hybridized carbons (Fsp3) is 0.133. The van der Waals surface area contributed by atoms with Crippen LogP contribution in [-0.2, 0) is 0 Å². The lowest BCUT2D eigenvalue weighted by atomic mass is 10.2. The molecule has 0 aliphatic carbocycles. The van der Waals surface area contributed by atoms with E-state index < -0.39 is 0 Å². The molecule has 96 valence electrons. The molecule has 19 heavy (non-hydrogen) atoms. The molecular weight excluding hydrogens is 238 g/mol. The van der Waals surface area contributed by atoms with E-state index in [9.17, 15) is 0 Å². The van der Waals surface area contributed by atoms with Crippen LogP contribution in [0.4, 0.5) is 5.69 Å². The van der Waals surface area contributed by atoms with E-state index in [0.29, 0.717) is 6.61 Å². The molecule has 4 nitrogen and oxygen atoms in total. The van der Waals surface area contributed by atoms with Crippen molar-refractivity contribution in [2.75, 3.05) is 12.3 Å². The summed E-state index contributed by atoms with van der Waals surface area (Å²) in [5.74, 6) is 1.67. The summed E-state index contributed by atoms with van der Waals surface area (Å²) < 4.78 is 5.50. The van der Waals surface area contributed by atoms with Crippen LogP contribution in [0.3, 0.4) is 0 Å². The average Bonchev–Trinajstić information content (AvgIpc) is 2.82. The number of anilines is 1. The molecule has 1 aromatic heterocycles. The Kier molecular flexibility index (Phi) is 2.83. The predicted octanol–water partition coefficient (Wildman–Crippen LogP) is 3.21. The van der Waals surface area contributed by atoms with Gasteiger partial charge in [-0.15, -0.1) is 0 Å². The highest BCUT2D eigenvalue weighted by molar-refractivity contribution is 5.82. The van der Waals surface area contributed by atoms with Gasteiger partial charge in [0.15, 0.2) is 0 Å². The number of nitrogens with zero attached hydrogens (tertiary/aromatic N) is 1. The second kappa shape index (κ2) is 4.65. The second-order valence-corrected chi connectivity index (χ2v) is 4.32. The van der Waals surface area contributed by atoms with Gasteiger partial charge in [0.05, 0.1) is 17.6 Å². The number of rotatable bonds is 3. The smallest absolute Gasteiger partial charge is 0.138 e. The fourth-order valence-corrected chi connectivity index (χ4v) is 2.06. The Balaban J connectivity index is 2.05. The van der Waals surface area contributed by atoms with Gasteiger partial charge in [-0.3, -0.25) is 0 Å². The molecule has 0 fully saturated rings. The summed E-state index contributed by atoms with van der Waals surface area (Å²) in [5, 5.41) is 0. The van der Waals surface area contributed by atoms with Crippen LogP contribution in [0.5, 0.6) is 5.75 Å². The SMILES string of the molecule is CCOc1cccc(-c2nc3ccc(N)cc3[nH]2)c1. The highest BCUT2D eigenvalue weighted by Crippen LogP contribution is 2.24. The molecular formula is C15H15N3O. The number of hydrogen-bond acceptors (Lipinski definition) is 3. The number of imidazole rings is 1. The highest BCUT2D eigenvalue weighted by Gasteiger charge is 2.06. The Bertz CT molecular complexity index is 718. The van der Waals surface area contributed by atoms with Crippen LogP contribution in [0, 0.1) is 0 Å². The summed E-state index contributed by atoms with van der Waals surface area (Å²) >= 11 is 0. The zero-order valence-corrected chi connectivity index (χ0v) is 10.7. The molecule has 0 bridgehead atoms. The maximum Gasteiger partial charge on any atom is 0.138 e. The van der Waals surface area contributed by atoms with Gasteiger partial charge in [-0.2, -0.15) is 0 Å². The number of ether oxygens (including phenoxy) is 1. The Morgan fingerprint density at radius 2 is 2.11 bits per heavy atom. The lowest BCUT2D eigenvalue weighted by Gasteiger charge is -2.03. The van der Waals surface area contributed by atoms with Crippen molar-refractivity contribution >= 4 is 16.7 Å². The molecule has 0 aliphatic heterocycles. The van der Waals surface area contributed by atoms with Gasteiger partial charge in [0.1, 0.15) is 11.6 Å². The van der Waals surface area contributed by atoms with E-state index in [1.54, 1.807) is 0 Å². The summed E-state index contributed by atoms with van der Waals surface area (Å²) in [4.78, 5) is 7.83. The van der Waals surface area contributed by atoms with Crippen LogP contribution in [0.1, 0.15) is 6.92 Å². The van der Waals surface area contributed by atoms with E-state index in [0.717, 1.165) is 33.9 Å². The Hall–Kier alpha value is -2.49. The molecule has 3 N–H and O–H groups in total. The lowest BCUT2D eigenvalue weighted by Crippen LogP contribution is -1.91. The minimum Gasteiger partial charge on any atom is -0.494 e. The first-order valence-electron chi connectivity index (χ1n) is 6.25. The summed E-state index contributed by atoms with van der Waals surface area (Å²) in [6.45, 7) is 2.62. The minimum absolute atomic E-state index is 0.653. The zero-order valence-electron chi connectivity index (χ0n) is 10.7. The van der Waals surface area contributed by atoms with Crippen LogP contribution < -0.4 is 10.5 Å². The second-order valence-electron chi connectivity index (χ2n) is 4.32. The molecule has 0 saturated heterocycles. The maximum atomic E-state index is 5.77. The standard InChI is InChI=1S/C15H15N3O/c1-2-19-12-5-3-4-10(8-12)15-17-13-7-6-11(16)9-14(13)18-15/h3-9H,2,16H2,1H3,(H,17,18). The molecule has 3 rings (SSSR count). The van der Waals surface area contributed by atoms with E-state index in [2.05, 4.69) is 9.97 Å². The number of aromatic amines is 1. The first-order valence-corrected chi connectivity index (χ1v) is 6.25. The van der Waals surface area contributed by atoms with Gasteiger partial charge in [0.2, 0.25) is 0 Å². The summed E-state index contributed by atoms with van der Waals surface area (Å²) in [6, 6.07) is 13.5. The van der Waals surface area contributed by atoms with E-state index in [4.69, 9.17) is 10.5 Å². The van der Waals surface area contributed by atoms with Gasteiger partial charge in [-0.1, -0.05) is 12.1 Å². The van der Waals surface area contributed by atoms with Crippen molar-refractivity contribution < 1.29 is 4.74 Å². The molecule has 0 saturated carbocycles. The van der Waals surface area contributed by atoms with E-state index in [1.165, 1.54) is 0 Å². The van der Waals surface area contributed by atoms with Gasteiger partial charge in [-0.05, 0) is 37.3 Å². The first kappa shape index (κ1) is 11.6. The quantitative estimate of drug-likeness (QED) is 0.704. The fourth-order valence-electron chi connectivity index (χ4n) is 2.06. The van der Waals surface area contributed by atoms with Gasteiger partial charge in [0.25, 0.3) is 0 Å². The molecule has 0 radical (unpaired) electrons. The maximum absolute atomic E-state index is 5.77. The Labute approximate surface area is 111 Å². The minimum atomic E-state index is 0.653. The van der Waals surface area contributed by atoms with Gasteiger partial charge >= 0.3 is 0 Å². The largest absolute Gasteiger partial charge is 0.494 e. The average molecular weight is 253 g/mol. The molecule has 0 unspecified atom stereocenters. The number of hydrogen-bond donors (Lipinski definition) is 2. The third-order valence-electron chi connectivity index (χ3n) is 2.92. The third kappa shape index (κ3) is 2.25. The van der Waals surface area contributed by atoms with Crippen LogP contribution in [-0.4, -0.2) is 16.6 Å². The molecule has 4 heteroatoms. The van der Waals surface area contributed by atoms with Crippen LogP contribution >= 0.6 is 0 Å². The molecule has 0 aliphatic rings. The molecule has 0 spiro atoms. The van der Waals surface area contributed by atoms with Crippen molar-refractivity contribution in [3.05, 3.63) is 42.5 Å². The molecule has 0 amide bonds. The summed E-state index contributed by atoms with van der Waals surface area (Å²) in [7, 11) is 0. The van der Waals surface area contributed by atoms with Gasteiger partial charge < -0.3 is 15.5 Å². The number of benzene rings is 2. The predicted molar refractivity (Wildman–Crippen MR) is 77.1 cm³/mol. The molecule has 3 aromatic rings. The van der Waals surface area contributed by atoms with Crippen molar-refractivity contribution in [2.24, 2.45) is 0 Å². The Morgan fingerprint density at radius 3 is 2.95 bits per heavy atom. The number of nitrogen functional groups attached to an aromatic ring is 1. The highest BCUT2D eigenvalue weighted by atomic mass is 16.5. The normalized spacial score (nSPS) is 10.8. The monoisotopic (exact) mass is 253 g/mol. The summed E-state index contributed by atoms with van der Waals surface area (Å²) in [6.07, 6.45) is 0. The van der Waals surface area contributed by atoms with E-state index >= 15 is 0 Å². The number of H-pyrrole nitrogens is 1. The van der Waals surface area contributed by atoms with Gasteiger partial charge in [-0.25, -0.2) is 4.98 Å². The van der Waals surface area contributed by atoms with Crippen LogP contribution in [0.15, 0.2) is 42.5 Å². The van der Waals surface area contributed by atoms with E-state index in [1.807, 2.05) is 49.4 Å². The molecule has 2 aromatic carbocycles. The van der Waals surface area contributed by atoms with Crippen LogP contribution in [0.25, 0.3) is 22.4 Å².